The van der Waals surface area contributed by atoms with E-state index < -0.39 is 23.3 Å². The number of ether oxygens (including phenoxy) is 2. The predicted molar refractivity (Wildman–Crippen MR) is 220 cm³/mol. The van der Waals surface area contributed by atoms with Crippen LogP contribution in [0.1, 0.15) is 5.56 Å². The van der Waals surface area contributed by atoms with Gasteiger partial charge in [0.05, 0.1) is 54.3 Å². The van der Waals surface area contributed by atoms with Crippen molar-refractivity contribution in [1.29, 1.82) is 0 Å². The van der Waals surface area contributed by atoms with Gasteiger partial charge in [0, 0.05) is 45.7 Å². The average molecular weight is 867 g/mol. The van der Waals surface area contributed by atoms with Crippen molar-refractivity contribution in [2.75, 3.05) is 45.5 Å². The summed E-state index contributed by atoms with van der Waals surface area (Å²) in [6.07, 6.45) is 3.15. The Morgan fingerprint density at radius 1 is 0.678 bits per heavy atom. The number of rotatable bonds is 9. The number of anilines is 4. The van der Waals surface area contributed by atoms with Crippen LogP contribution >= 0.6 is 15.9 Å². The molecule has 8 rings (SSSR count). The molecular weight excluding hydrogens is 834 g/mol. The molecule has 0 spiro atoms. The molecule has 4 aromatic heterocycles. The smallest absolute Gasteiger partial charge is 0.229 e. The maximum Gasteiger partial charge on any atom is 0.229 e. The molecule has 13 nitrogen and oxygen atoms in total. The highest BCUT2D eigenvalue weighted by Gasteiger charge is 2.17. The van der Waals surface area contributed by atoms with E-state index in [2.05, 4.69) is 78.7 Å². The summed E-state index contributed by atoms with van der Waals surface area (Å²) in [4.78, 5) is 19.1. The van der Waals surface area contributed by atoms with Crippen LogP contribution in [0.15, 0.2) is 89.7 Å². The molecule has 0 unspecified atom stereocenters. The number of hydrogen-bond donors (Lipinski definition) is 4. The van der Waals surface area contributed by atoms with Gasteiger partial charge in [-0.3, -0.25) is 15.1 Å². The van der Waals surface area contributed by atoms with Crippen molar-refractivity contribution in [3.63, 3.8) is 0 Å². The van der Waals surface area contributed by atoms with Crippen molar-refractivity contribution in [3.8, 4) is 45.9 Å². The van der Waals surface area contributed by atoms with E-state index in [-0.39, 0.29) is 23.3 Å². The van der Waals surface area contributed by atoms with Crippen LogP contribution in [0.25, 0.3) is 44.6 Å². The average Bonchev–Trinajstić information content (AvgIpc) is 3.84. The summed E-state index contributed by atoms with van der Waals surface area (Å²) >= 11 is 3.44. The largest absolute Gasteiger partial charge is 0.496 e. The van der Waals surface area contributed by atoms with Crippen LogP contribution < -0.4 is 20.1 Å². The second-order valence-corrected chi connectivity index (χ2v) is 13.8. The van der Waals surface area contributed by atoms with Crippen molar-refractivity contribution in [1.82, 2.24) is 45.2 Å². The summed E-state index contributed by atoms with van der Waals surface area (Å²) < 4.78 is 65.7. The topological polar surface area (TPSA) is 155 Å². The van der Waals surface area contributed by atoms with Crippen LogP contribution in [0.5, 0.6) is 11.5 Å². The lowest BCUT2D eigenvalue weighted by Gasteiger charge is -2.08. The highest BCUT2D eigenvalue weighted by atomic mass is 79.9. The summed E-state index contributed by atoms with van der Waals surface area (Å²) in [5, 5.41) is 21.2. The van der Waals surface area contributed by atoms with Gasteiger partial charge in [-0.05, 0) is 74.8 Å². The number of nitrogens with zero attached hydrogens (tertiary/aromatic N) is 7. The van der Waals surface area contributed by atoms with Crippen LogP contribution in [0.3, 0.4) is 0 Å². The van der Waals surface area contributed by atoms with Gasteiger partial charge in [0.25, 0.3) is 0 Å². The number of methoxy groups -OCH3 is 2. The molecule has 298 valence electrons. The summed E-state index contributed by atoms with van der Waals surface area (Å²) in [7, 11) is 7.09. The Morgan fingerprint density at radius 3 is 1.68 bits per heavy atom. The maximum atomic E-state index is 13.9. The van der Waals surface area contributed by atoms with Gasteiger partial charge in [-0.1, -0.05) is 27.8 Å². The number of nitrogens with one attached hydrogen (secondary N) is 4. The second kappa shape index (κ2) is 17.6. The normalized spacial score (nSPS) is 10.9. The lowest BCUT2D eigenvalue weighted by Crippen LogP contribution is -2.10. The van der Waals surface area contributed by atoms with E-state index >= 15 is 0 Å². The van der Waals surface area contributed by atoms with Crippen molar-refractivity contribution in [3.05, 3.63) is 118 Å². The first kappa shape index (κ1) is 40.1. The monoisotopic (exact) mass is 865 g/mol. The molecule has 4 aromatic carbocycles. The molecule has 0 aliphatic rings. The van der Waals surface area contributed by atoms with Crippen LogP contribution in [0, 0.1) is 35.1 Å². The van der Waals surface area contributed by atoms with Gasteiger partial charge in [0.15, 0.2) is 11.3 Å². The summed E-state index contributed by atoms with van der Waals surface area (Å²) in [5.41, 5.74) is 4.67. The van der Waals surface area contributed by atoms with E-state index in [9.17, 15) is 17.6 Å². The molecule has 0 radical (unpaired) electrons. The molecule has 0 saturated heterocycles. The van der Waals surface area contributed by atoms with E-state index in [0.717, 1.165) is 45.4 Å². The van der Waals surface area contributed by atoms with E-state index in [0.29, 0.717) is 51.5 Å². The maximum absolute atomic E-state index is 13.9. The third kappa shape index (κ3) is 9.22. The number of benzene rings is 4. The first-order valence-corrected chi connectivity index (χ1v) is 18.3. The fourth-order valence-corrected chi connectivity index (χ4v) is 6.08. The van der Waals surface area contributed by atoms with Crippen LogP contribution in [0.2, 0.25) is 0 Å². The number of aromatic amines is 2. The lowest BCUT2D eigenvalue weighted by atomic mass is 10.1. The standard InChI is InChI=1S/C23H20F2N6O.C18H12BrF2N5O/c1-31(2)10-4-5-14-6-9-20(32-3)16(11-14)21-17-13-26-23(28-22(17)30-29-21)27-19-8-7-15(24)12-18(19)25;1-27-15-5-2-9(19)6-11(15)16-12-8-22-18(24-17(12)26-25-16)23-14-4-3-10(20)7-13(14)21/h6-9,11-13H,10H2,1-3H3,(H2,26,27,28,29,30);2-8H,1H3,(H2,22,23,24,25,26). The minimum Gasteiger partial charge on any atom is -0.496 e. The van der Waals surface area contributed by atoms with Crippen LogP contribution in [-0.4, -0.2) is 80.1 Å². The van der Waals surface area contributed by atoms with Gasteiger partial charge in [-0.15, -0.1) is 0 Å². The van der Waals surface area contributed by atoms with E-state index in [1.807, 2.05) is 55.4 Å². The predicted octanol–water partition coefficient (Wildman–Crippen LogP) is 8.78. The minimum atomic E-state index is -0.742. The van der Waals surface area contributed by atoms with Gasteiger partial charge in [0.2, 0.25) is 11.9 Å². The fourth-order valence-electron chi connectivity index (χ4n) is 5.72. The quantitative estimate of drug-likeness (QED) is 0.0813. The Morgan fingerprint density at radius 2 is 1.19 bits per heavy atom. The first-order chi connectivity index (χ1) is 28.5. The molecule has 0 fully saturated rings. The Labute approximate surface area is 342 Å². The van der Waals surface area contributed by atoms with E-state index in [4.69, 9.17) is 9.47 Å². The highest BCUT2D eigenvalue weighted by Crippen LogP contribution is 2.36. The van der Waals surface area contributed by atoms with Crippen molar-refractivity contribution >= 4 is 61.3 Å². The Hall–Kier alpha value is -7.10. The Bertz CT molecular complexity index is 2880. The molecule has 0 atom stereocenters. The molecule has 4 heterocycles. The Kier molecular flexibility index (Phi) is 12.0. The Balaban J connectivity index is 0.000000181. The fraction of sp³-hybridized carbons (Fsp3) is 0.122. The third-order valence-electron chi connectivity index (χ3n) is 8.51. The molecule has 0 aliphatic heterocycles. The van der Waals surface area contributed by atoms with Crippen LogP contribution in [-0.2, 0) is 0 Å². The molecular formula is C41H32BrF4N11O2. The third-order valence-corrected chi connectivity index (χ3v) is 9.00. The number of halogens is 5. The van der Waals surface area contributed by atoms with E-state index in [1.165, 1.54) is 12.1 Å². The number of hydrogen-bond acceptors (Lipinski definition) is 11. The molecule has 8 aromatic rings. The van der Waals surface area contributed by atoms with Gasteiger partial charge in [-0.25, -0.2) is 27.5 Å². The van der Waals surface area contributed by atoms with Gasteiger partial charge in [-0.2, -0.15) is 20.2 Å². The van der Waals surface area contributed by atoms with Crippen molar-refractivity contribution in [2.24, 2.45) is 0 Å². The zero-order valence-electron chi connectivity index (χ0n) is 31.6. The molecule has 59 heavy (non-hydrogen) atoms. The molecule has 0 saturated carbocycles. The number of fused-ring (bicyclic) bond motifs is 2. The molecule has 0 bridgehead atoms. The summed E-state index contributed by atoms with van der Waals surface area (Å²) in [6, 6.07) is 17.7. The van der Waals surface area contributed by atoms with Gasteiger partial charge in [0.1, 0.15) is 34.8 Å². The van der Waals surface area contributed by atoms with E-state index in [1.54, 1.807) is 26.6 Å². The number of H-pyrrole nitrogens is 2. The van der Waals surface area contributed by atoms with Gasteiger partial charge >= 0.3 is 0 Å². The zero-order chi connectivity index (χ0) is 41.6. The first-order valence-electron chi connectivity index (χ1n) is 17.5. The minimum absolute atomic E-state index is 0.0622. The van der Waals surface area contributed by atoms with Crippen molar-refractivity contribution < 1.29 is 27.0 Å². The lowest BCUT2D eigenvalue weighted by molar-refractivity contribution is 0.416. The molecule has 18 heteroatoms. The summed E-state index contributed by atoms with van der Waals surface area (Å²) in [6.45, 7) is 0.645. The zero-order valence-corrected chi connectivity index (χ0v) is 33.2. The number of aromatic nitrogens is 8. The highest BCUT2D eigenvalue weighted by molar-refractivity contribution is 9.10. The summed E-state index contributed by atoms with van der Waals surface area (Å²) in [5.74, 6) is 5.04. The van der Waals surface area contributed by atoms with Crippen LogP contribution in [0.4, 0.5) is 40.8 Å². The SMILES string of the molecule is COc1ccc(Br)cc1-c1[nH]nc2nc(Nc3ccc(F)cc3F)ncc12.COc1ccc(C#CCN(C)C)cc1-c1[nH]nc2nc(Nc3ccc(F)cc3F)ncc12. The van der Waals surface area contributed by atoms with Crippen molar-refractivity contribution in [2.45, 2.75) is 0 Å². The van der Waals surface area contributed by atoms with Gasteiger partial charge < -0.3 is 20.1 Å². The molecule has 0 amide bonds. The molecule has 0 aliphatic carbocycles. The molecule has 4 N–H and O–H groups in total. The second-order valence-electron chi connectivity index (χ2n) is 12.9.